The highest BCUT2D eigenvalue weighted by molar-refractivity contribution is 7.92. The van der Waals surface area contributed by atoms with Crippen LogP contribution in [0, 0.1) is 0 Å². The number of benzene rings is 1. The van der Waals surface area contributed by atoms with E-state index in [0.717, 1.165) is 31.9 Å². The molecule has 0 saturated carbocycles. The van der Waals surface area contributed by atoms with E-state index in [0.29, 0.717) is 0 Å². The third-order valence-corrected chi connectivity index (χ3v) is 4.82. The number of hydrogen-bond acceptors (Lipinski definition) is 6. The molecule has 1 fully saturated rings. The van der Waals surface area contributed by atoms with Crippen molar-refractivity contribution in [1.82, 2.24) is 15.3 Å². The molecule has 0 bridgehead atoms. The van der Waals surface area contributed by atoms with Gasteiger partial charge in [0.25, 0.3) is 10.0 Å². The highest BCUT2D eigenvalue weighted by Crippen LogP contribution is 2.20. The van der Waals surface area contributed by atoms with Crippen LogP contribution in [0.4, 0.5) is 11.5 Å². The summed E-state index contributed by atoms with van der Waals surface area (Å²) in [5.74, 6) is 0.251. The molecular formula is C14H17N5O2S. The summed E-state index contributed by atoms with van der Waals surface area (Å²) >= 11 is 0. The normalized spacial score (nSPS) is 15.5. The number of sulfonamides is 1. The molecule has 1 aromatic carbocycles. The zero-order chi connectivity index (χ0) is 15.4. The Bertz CT molecular complexity index is 713. The molecule has 7 nitrogen and oxygen atoms in total. The molecule has 0 radical (unpaired) electrons. The first-order valence-corrected chi connectivity index (χ1v) is 8.48. The standard InChI is InChI=1S/C14H17N5O2S/c20-22(21,18-14-5-6-16-11-17-14)13-3-1-12(2-4-13)19-9-7-15-8-10-19/h1-6,11,15H,7-10H2,(H,16,17,18). The number of hydrogen-bond donors (Lipinski definition) is 2. The van der Waals surface area contributed by atoms with Gasteiger partial charge in [0.05, 0.1) is 4.90 Å². The lowest BCUT2D eigenvalue weighted by molar-refractivity contribution is 0.588. The molecule has 2 heterocycles. The summed E-state index contributed by atoms with van der Waals surface area (Å²) in [4.78, 5) is 10.1. The molecule has 1 saturated heterocycles. The Morgan fingerprint density at radius 1 is 1.09 bits per heavy atom. The van der Waals surface area contributed by atoms with Gasteiger partial charge < -0.3 is 10.2 Å². The van der Waals surface area contributed by atoms with Crippen LogP contribution in [0.25, 0.3) is 0 Å². The Labute approximate surface area is 129 Å². The van der Waals surface area contributed by atoms with Gasteiger partial charge in [0, 0.05) is 38.1 Å². The van der Waals surface area contributed by atoms with Crippen molar-refractivity contribution in [1.29, 1.82) is 0 Å². The molecule has 1 aliphatic heterocycles. The summed E-state index contributed by atoms with van der Waals surface area (Å²) in [6.07, 6.45) is 2.78. The molecule has 0 amide bonds. The van der Waals surface area contributed by atoms with Gasteiger partial charge in [-0.05, 0) is 30.3 Å². The smallest absolute Gasteiger partial charge is 0.263 e. The van der Waals surface area contributed by atoms with Gasteiger partial charge in [0.2, 0.25) is 0 Å². The van der Waals surface area contributed by atoms with Gasteiger partial charge in [-0.15, -0.1) is 0 Å². The fourth-order valence-corrected chi connectivity index (χ4v) is 3.32. The van der Waals surface area contributed by atoms with Crippen molar-refractivity contribution in [2.45, 2.75) is 4.90 Å². The Morgan fingerprint density at radius 2 is 1.82 bits per heavy atom. The van der Waals surface area contributed by atoms with Crippen LogP contribution in [0.5, 0.6) is 0 Å². The van der Waals surface area contributed by atoms with E-state index in [9.17, 15) is 8.42 Å². The van der Waals surface area contributed by atoms with Crippen LogP contribution >= 0.6 is 0 Å². The number of nitrogens with one attached hydrogen (secondary N) is 2. The zero-order valence-corrected chi connectivity index (χ0v) is 12.8. The van der Waals surface area contributed by atoms with E-state index < -0.39 is 10.0 Å². The summed E-state index contributed by atoms with van der Waals surface area (Å²) in [7, 11) is -3.63. The van der Waals surface area contributed by atoms with Crippen molar-refractivity contribution in [3.63, 3.8) is 0 Å². The van der Waals surface area contributed by atoms with Crippen molar-refractivity contribution < 1.29 is 8.42 Å². The molecule has 2 aromatic rings. The molecule has 8 heteroatoms. The lowest BCUT2D eigenvalue weighted by Gasteiger charge is -2.29. The van der Waals surface area contributed by atoms with Gasteiger partial charge in [0.15, 0.2) is 0 Å². The maximum atomic E-state index is 12.3. The van der Waals surface area contributed by atoms with Crippen LogP contribution in [0.1, 0.15) is 0 Å². The maximum absolute atomic E-state index is 12.3. The van der Waals surface area contributed by atoms with Crippen molar-refractivity contribution in [2.24, 2.45) is 0 Å². The van der Waals surface area contributed by atoms with E-state index in [1.54, 1.807) is 12.1 Å². The minimum Gasteiger partial charge on any atom is -0.369 e. The zero-order valence-electron chi connectivity index (χ0n) is 11.9. The first kappa shape index (κ1) is 14.7. The van der Waals surface area contributed by atoms with E-state index in [4.69, 9.17) is 0 Å². The molecule has 116 valence electrons. The summed E-state index contributed by atoms with van der Waals surface area (Å²) in [6.45, 7) is 3.72. The molecule has 1 aromatic heterocycles. The van der Waals surface area contributed by atoms with Crippen LogP contribution in [-0.4, -0.2) is 44.6 Å². The average molecular weight is 319 g/mol. The Kier molecular flexibility index (Phi) is 4.21. The topological polar surface area (TPSA) is 87.2 Å². The molecule has 0 aliphatic carbocycles. The Morgan fingerprint density at radius 3 is 2.45 bits per heavy atom. The van der Waals surface area contributed by atoms with E-state index >= 15 is 0 Å². The predicted molar refractivity (Wildman–Crippen MR) is 84.4 cm³/mol. The first-order chi connectivity index (χ1) is 10.6. The number of nitrogens with zero attached hydrogens (tertiary/aromatic N) is 3. The molecule has 1 aliphatic rings. The Balaban J connectivity index is 1.76. The minimum absolute atomic E-state index is 0.213. The van der Waals surface area contributed by atoms with Crippen LogP contribution in [0.2, 0.25) is 0 Å². The van der Waals surface area contributed by atoms with Crippen molar-refractivity contribution >= 4 is 21.5 Å². The van der Waals surface area contributed by atoms with Crippen LogP contribution in [0.3, 0.4) is 0 Å². The monoisotopic (exact) mass is 319 g/mol. The summed E-state index contributed by atoms with van der Waals surface area (Å²) in [5, 5.41) is 3.29. The van der Waals surface area contributed by atoms with E-state index in [2.05, 4.69) is 24.9 Å². The highest BCUT2D eigenvalue weighted by atomic mass is 32.2. The minimum atomic E-state index is -3.63. The second kappa shape index (κ2) is 6.29. The summed E-state index contributed by atoms with van der Waals surface area (Å²) in [6, 6.07) is 8.40. The fourth-order valence-electron chi connectivity index (χ4n) is 2.31. The number of aromatic nitrogens is 2. The van der Waals surface area contributed by atoms with Gasteiger partial charge in [-0.2, -0.15) is 0 Å². The molecule has 0 unspecified atom stereocenters. The van der Waals surface area contributed by atoms with Crippen LogP contribution < -0.4 is 14.9 Å². The molecular weight excluding hydrogens is 302 g/mol. The van der Waals surface area contributed by atoms with Gasteiger partial charge in [0.1, 0.15) is 12.1 Å². The van der Waals surface area contributed by atoms with Gasteiger partial charge in [-0.3, -0.25) is 4.72 Å². The van der Waals surface area contributed by atoms with Gasteiger partial charge in [-0.25, -0.2) is 18.4 Å². The van der Waals surface area contributed by atoms with E-state index in [1.165, 1.54) is 18.6 Å². The highest BCUT2D eigenvalue weighted by Gasteiger charge is 2.16. The molecule has 0 atom stereocenters. The number of rotatable bonds is 4. The van der Waals surface area contributed by atoms with Crippen molar-refractivity contribution in [3.05, 3.63) is 42.9 Å². The molecule has 22 heavy (non-hydrogen) atoms. The van der Waals surface area contributed by atoms with Crippen molar-refractivity contribution in [3.8, 4) is 0 Å². The summed E-state index contributed by atoms with van der Waals surface area (Å²) in [5.41, 5.74) is 1.03. The molecule has 0 spiro atoms. The van der Waals surface area contributed by atoms with E-state index in [1.807, 2.05) is 12.1 Å². The second-order valence-corrected chi connectivity index (χ2v) is 6.61. The third kappa shape index (κ3) is 3.34. The molecule has 3 rings (SSSR count). The Hall–Kier alpha value is -2.19. The maximum Gasteiger partial charge on any atom is 0.263 e. The lowest BCUT2D eigenvalue weighted by Crippen LogP contribution is -2.43. The second-order valence-electron chi connectivity index (χ2n) is 4.93. The fraction of sp³-hybridized carbons (Fsp3) is 0.286. The number of anilines is 2. The SMILES string of the molecule is O=S(=O)(Nc1ccncn1)c1ccc(N2CCNCC2)cc1. The number of piperazine rings is 1. The van der Waals surface area contributed by atoms with Gasteiger partial charge in [-0.1, -0.05) is 0 Å². The van der Waals surface area contributed by atoms with Crippen molar-refractivity contribution in [2.75, 3.05) is 35.8 Å². The quantitative estimate of drug-likeness (QED) is 0.862. The van der Waals surface area contributed by atoms with Crippen LogP contribution in [0.15, 0.2) is 47.8 Å². The third-order valence-electron chi connectivity index (χ3n) is 3.45. The summed E-state index contributed by atoms with van der Waals surface area (Å²) < 4.78 is 27.0. The van der Waals surface area contributed by atoms with Crippen LogP contribution in [-0.2, 0) is 10.0 Å². The predicted octanol–water partition coefficient (Wildman–Crippen LogP) is 0.687. The van der Waals surface area contributed by atoms with E-state index in [-0.39, 0.29) is 10.7 Å². The largest absolute Gasteiger partial charge is 0.369 e. The molecule has 2 N–H and O–H groups in total. The van der Waals surface area contributed by atoms with Gasteiger partial charge >= 0.3 is 0 Å². The average Bonchev–Trinajstić information content (AvgIpc) is 2.56. The first-order valence-electron chi connectivity index (χ1n) is 7.00. The lowest BCUT2D eigenvalue weighted by atomic mass is 10.2.